The van der Waals surface area contributed by atoms with E-state index in [1.807, 2.05) is 6.07 Å². The van der Waals surface area contributed by atoms with E-state index in [-0.39, 0.29) is 35.1 Å². The van der Waals surface area contributed by atoms with Gasteiger partial charge in [-0.1, -0.05) is 22.8 Å². The number of para-hydroxylation sites is 1. The van der Waals surface area contributed by atoms with Gasteiger partial charge in [-0.05, 0) is 32.9 Å². The van der Waals surface area contributed by atoms with Gasteiger partial charge < -0.3 is 14.4 Å². The molecule has 0 spiro atoms. The van der Waals surface area contributed by atoms with Gasteiger partial charge in [0.15, 0.2) is 0 Å². The van der Waals surface area contributed by atoms with Crippen molar-refractivity contribution in [1.82, 2.24) is 24.1 Å². The van der Waals surface area contributed by atoms with Crippen molar-refractivity contribution in [2.75, 3.05) is 13.7 Å². The molecule has 0 aliphatic carbocycles. The second kappa shape index (κ2) is 6.94. The van der Waals surface area contributed by atoms with Crippen LogP contribution in [0.3, 0.4) is 0 Å². The molecule has 4 rings (SSSR count). The number of aromatic nitrogens is 5. The van der Waals surface area contributed by atoms with E-state index in [0.717, 1.165) is 0 Å². The molecule has 1 unspecified atom stereocenters. The van der Waals surface area contributed by atoms with Gasteiger partial charge in [-0.3, -0.25) is 13.8 Å². The molecular formula is C19H20ClN5O4. The van der Waals surface area contributed by atoms with E-state index in [2.05, 4.69) is 15.1 Å². The van der Waals surface area contributed by atoms with E-state index < -0.39 is 11.6 Å². The van der Waals surface area contributed by atoms with Crippen LogP contribution in [0.5, 0.6) is 0 Å². The summed E-state index contributed by atoms with van der Waals surface area (Å²) in [6.07, 6.45) is 1.52. The SMILES string of the molecule is COC(C)(C)c1nc(-c2ncn3c2c(=O)n(C(C)CO)c2c(Cl)cccc23)no1. The lowest BCUT2D eigenvalue weighted by atomic mass is 10.1. The highest BCUT2D eigenvalue weighted by Crippen LogP contribution is 2.29. The molecule has 152 valence electrons. The van der Waals surface area contributed by atoms with Crippen LogP contribution in [0.25, 0.3) is 28.1 Å². The third-order valence-electron chi connectivity index (χ3n) is 5.02. The zero-order chi connectivity index (χ0) is 20.9. The maximum Gasteiger partial charge on any atom is 0.278 e. The van der Waals surface area contributed by atoms with Gasteiger partial charge in [0, 0.05) is 7.11 Å². The van der Waals surface area contributed by atoms with Crippen LogP contribution in [0.2, 0.25) is 5.02 Å². The minimum atomic E-state index is -0.785. The summed E-state index contributed by atoms with van der Waals surface area (Å²) in [5.74, 6) is 0.443. The van der Waals surface area contributed by atoms with Gasteiger partial charge in [0.2, 0.25) is 5.82 Å². The summed E-state index contributed by atoms with van der Waals surface area (Å²) >= 11 is 6.40. The predicted octanol–water partition coefficient (Wildman–Crippen LogP) is 2.79. The number of imidazole rings is 1. The van der Waals surface area contributed by atoms with Crippen molar-refractivity contribution in [3.63, 3.8) is 0 Å². The Labute approximate surface area is 170 Å². The average Bonchev–Trinajstić information content (AvgIpc) is 3.36. The average molecular weight is 418 g/mol. The van der Waals surface area contributed by atoms with Crippen LogP contribution < -0.4 is 5.56 Å². The topological polar surface area (TPSA) is 108 Å². The number of benzene rings is 1. The summed E-state index contributed by atoms with van der Waals surface area (Å²) in [5.41, 5.74) is 0.586. The van der Waals surface area contributed by atoms with Crippen molar-refractivity contribution in [1.29, 1.82) is 0 Å². The summed E-state index contributed by atoms with van der Waals surface area (Å²) in [4.78, 5) is 22.2. The fraction of sp³-hybridized carbons (Fsp3) is 0.368. The molecule has 3 heterocycles. The van der Waals surface area contributed by atoms with Crippen molar-refractivity contribution >= 4 is 28.2 Å². The maximum absolute atomic E-state index is 13.4. The third kappa shape index (κ3) is 2.93. The van der Waals surface area contributed by atoms with Crippen LogP contribution in [0.4, 0.5) is 0 Å². The Hall–Kier alpha value is -2.75. The number of rotatable bonds is 5. The van der Waals surface area contributed by atoms with E-state index in [4.69, 9.17) is 20.9 Å². The van der Waals surface area contributed by atoms with E-state index in [9.17, 15) is 9.90 Å². The number of halogens is 1. The summed E-state index contributed by atoms with van der Waals surface area (Å²) in [7, 11) is 1.54. The number of fused-ring (bicyclic) bond motifs is 3. The molecule has 4 aromatic rings. The molecule has 1 N–H and O–H groups in total. The van der Waals surface area contributed by atoms with Gasteiger partial charge in [0.25, 0.3) is 11.4 Å². The standard InChI is InChI=1S/C19H20ClN5O4/c1-10(8-26)25-14-11(20)6-5-7-12(14)24-9-21-13(15(24)17(25)27)16-22-18(29-23-16)19(2,3)28-4/h5-7,9-10,26H,8H2,1-4H3. The molecule has 0 amide bonds. The first-order chi connectivity index (χ1) is 13.8. The van der Waals surface area contributed by atoms with Gasteiger partial charge in [-0.15, -0.1) is 0 Å². The number of nitrogens with zero attached hydrogens (tertiary/aromatic N) is 5. The Balaban J connectivity index is 2.06. The molecule has 0 radical (unpaired) electrons. The fourth-order valence-electron chi connectivity index (χ4n) is 3.21. The monoisotopic (exact) mass is 417 g/mol. The molecule has 0 fully saturated rings. The number of aliphatic hydroxyl groups is 1. The van der Waals surface area contributed by atoms with Crippen molar-refractivity contribution in [2.45, 2.75) is 32.4 Å². The Morgan fingerprint density at radius 3 is 2.79 bits per heavy atom. The second-order valence-corrected chi connectivity index (χ2v) is 7.67. The van der Waals surface area contributed by atoms with Gasteiger partial charge in [0.05, 0.1) is 28.7 Å². The normalized spacial score (nSPS) is 13.4. The van der Waals surface area contributed by atoms with Gasteiger partial charge in [-0.2, -0.15) is 4.98 Å². The molecular weight excluding hydrogens is 398 g/mol. The molecule has 0 bridgehead atoms. The summed E-state index contributed by atoms with van der Waals surface area (Å²) < 4.78 is 13.8. The highest BCUT2D eigenvalue weighted by Gasteiger charge is 2.29. The van der Waals surface area contributed by atoms with Gasteiger partial charge >= 0.3 is 0 Å². The Kier molecular flexibility index (Phi) is 4.68. The first-order valence-corrected chi connectivity index (χ1v) is 9.38. The molecule has 9 nitrogen and oxygen atoms in total. The zero-order valence-corrected chi connectivity index (χ0v) is 17.1. The molecule has 0 aliphatic heterocycles. The number of ether oxygens (including phenoxy) is 1. The van der Waals surface area contributed by atoms with Gasteiger partial charge in [0.1, 0.15) is 23.1 Å². The quantitative estimate of drug-likeness (QED) is 0.531. The lowest BCUT2D eigenvalue weighted by Crippen LogP contribution is -2.27. The van der Waals surface area contributed by atoms with Crippen LogP contribution in [0.15, 0.2) is 33.8 Å². The molecule has 3 aromatic heterocycles. The molecule has 1 aromatic carbocycles. The van der Waals surface area contributed by atoms with Crippen LogP contribution in [-0.2, 0) is 10.3 Å². The lowest BCUT2D eigenvalue weighted by molar-refractivity contribution is -0.00786. The van der Waals surface area contributed by atoms with E-state index in [0.29, 0.717) is 16.1 Å². The number of methoxy groups -OCH3 is 1. The first-order valence-electron chi connectivity index (χ1n) is 9.00. The third-order valence-corrected chi connectivity index (χ3v) is 5.33. The van der Waals surface area contributed by atoms with E-state index >= 15 is 0 Å². The first kappa shape index (κ1) is 19.6. The Morgan fingerprint density at radius 1 is 1.34 bits per heavy atom. The predicted molar refractivity (Wildman–Crippen MR) is 107 cm³/mol. The van der Waals surface area contributed by atoms with Crippen LogP contribution in [0, 0.1) is 0 Å². The second-order valence-electron chi connectivity index (χ2n) is 7.26. The minimum absolute atomic E-state index is 0.175. The fourth-order valence-corrected chi connectivity index (χ4v) is 3.47. The number of aliphatic hydroxyl groups excluding tert-OH is 1. The molecule has 29 heavy (non-hydrogen) atoms. The molecule has 1 atom stereocenters. The maximum atomic E-state index is 13.4. The number of hydrogen-bond acceptors (Lipinski definition) is 7. The summed E-state index contributed by atoms with van der Waals surface area (Å²) in [5, 5.41) is 14.1. The van der Waals surface area contributed by atoms with Crippen LogP contribution in [0.1, 0.15) is 32.7 Å². The van der Waals surface area contributed by atoms with E-state index in [1.54, 1.807) is 44.4 Å². The van der Waals surface area contributed by atoms with Crippen LogP contribution in [-0.4, -0.2) is 42.9 Å². The number of hydrogen-bond donors (Lipinski definition) is 1. The van der Waals surface area contributed by atoms with Crippen molar-refractivity contribution in [2.24, 2.45) is 0 Å². The molecule has 0 aliphatic rings. The summed E-state index contributed by atoms with van der Waals surface area (Å²) in [6.45, 7) is 5.10. The highest BCUT2D eigenvalue weighted by atomic mass is 35.5. The van der Waals surface area contributed by atoms with Crippen molar-refractivity contribution < 1.29 is 14.4 Å². The smallest absolute Gasteiger partial charge is 0.278 e. The lowest BCUT2D eigenvalue weighted by Gasteiger charge is -2.18. The highest BCUT2D eigenvalue weighted by molar-refractivity contribution is 6.35. The Bertz CT molecular complexity index is 1270. The largest absolute Gasteiger partial charge is 0.394 e. The molecule has 10 heteroatoms. The summed E-state index contributed by atoms with van der Waals surface area (Å²) in [6, 6.07) is 4.82. The van der Waals surface area contributed by atoms with Crippen LogP contribution >= 0.6 is 11.6 Å². The van der Waals surface area contributed by atoms with Gasteiger partial charge in [-0.25, -0.2) is 4.98 Å². The molecule has 0 saturated carbocycles. The Morgan fingerprint density at radius 2 is 2.10 bits per heavy atom. The molecule has 0 saturated heterocycles. The van der Waals surface area contributed by atoms with Crippen molar-refractivity contribution in [3.8, 4) is 11.5 Å². The van der Waals surface area contributed by atoms with Crippen molar-refractivity contribution in [3.05, 3.63) is 45.8 Å². The van der Waals surface area contributed by atoms with E-state index in [1.165, 1.54) is 10.9 Å². The minimum Gasteiger partial charge on any atom is -0.394 e. The zero-order valence-electron chi connectivity index (χ0n) is 16.4.